The van der Waals surface area contributed by atoms with Crippen molar-refractivity contribution < 1.29 is 4.74 Å². The predicted octanol–water partition coefficient (Wildman–Crippen LogP) is 2.92. The molecule has 0 unspecified atom stereocenters. The van der Waals surface area contributed by atoms with Crippen LogP contribution in [0, 0.1) is 5.92 Å². The molecule has 0 saturated heterocycles. The molecule has 2 heteroatoms. The smallest absolute Gasteiger partial charge is 0.0589 e. The van der Waals surface area contributed by atoms with Crippen LogP contribution < -0.4 is 0 Å². The van der Waals surface area contributed by atoms with E-state index in [9.17, 15) is 0 Å². The van der Waals surface area contributed by atoms with Gasteiger partial charge in [-0.15, -0.1) is 0 Å². The van der Waals surface area contributed by atoms with Crippen LogP contribution in [0.2, 0.25) is 0 Å². The quantitative estimate of drug-likeness (QED) is 0.672. The van der Waals surface area contributed by atoms with E-state index in [1.165, 1.54) is 38.6 Å². The summed E-state index contributed by atoms with van der Waals surface area (Å²) in [6, 6.07) is 0.827. The van der Waals surface area contributed by atoms with Gasteiger partial charge >= 0.3 is 0 Å². The molecule has 90 valence electrons. The van der Waals surface area contributed by atoms with Gasteiger partial charge in [-0.3, -0.25) is 4.90 Å². The maximum absolute atomic E-state index is 5.17. The van der Waals surface area contributed by atoms with Gasteiger partial charge < -0.3 is 4.74 Å². The van der Waals surface area contributed by atoms with Gasteiger partial charge in [-0.25, -0.2) is 0 Å². The van der Waals surface area contributed by atoms with Gasteiger partial charge in [-0.05, 0) is 38.1 Å². The Morgan fingerprint density at radius 3 is 2.27 bits per heavy atom. The number of hydrogen-bond donors (Lipinski definition) is 0. The van der Waals surface area contributed by atoms with Crippen LogP contribution in [0.1, 0.15) is 46.0 Å². The van der Waals surface area contributed by atoms with E-state index in [4.69, 9.17) is 4.74 Å². The van der Waals surface area contributed by atoms with E-state index in [0.717, 1.165) is 25.1 Å². The zero-order valence-electron chi connectivity index (χ0n) is 10.7. The highest BCUT2D eigenvalue weighted by Gasteiger charge is 2.23. The summed E-state index contributed by atoms with van der Waals surface area (Å²) < 4.78 is 5.17. The molecule has 0 aromatic carbocycles. The van der Waals surface area contributed by atoms with Crippen LogP contribution in [0.4, 0.5) is 0 Å². The molecule has 1 fully saturated rings. The number of hydrogen-bond acceptors (Lipinski definition) is 2. The largest absolute Gasteiger partial charge is 0.383 e. The monoisotopic (exact) mass is 213 g/mol. The van der Waals surface area contributed by atoms with Crippen molar-refractivity contribution in [2.45, 2.75) is 52.0 Å². The molecule has 0 aliphatic heterocycles. The SMILES string of the molecule is CCC1CCC(N(CC)CCOC)CC1. The van der Waals surface area contributed by atoms with Crippen LogP contribution in [-0.2, 0) is 4.74 Å². The van der Waals surface area contributed by atoms with Crippen molar-refractivity contribution in [3.05, 3.63) is 0 Å². The van der Waals surface area contributed by atoms with Gasteiger partial charge in [0.15, 0.2) is 0 Å². The van der Waals surface area contributed by atoms with Gasteiger partial charge in [0.05, 0.1) is 6.61 Å². The average Bonchev–Trinajstić information content (AvgIpc) is 2.31. The van der Waals surface area contributed by atoms with Gasteiger partial charge in [0, 0.05) is 19.7 Å². The number of ether oxygens (including phenoxy) is 1. The first kappa shape index (κ1) is 13.0. The Morgan fingerprint density at radius 2 is 1.80 bits per heavy atom. The van der Waals surface area contributed by atoms with Crippen molar-refractivity contribution in [1.29, 1.82) is 0 Å². The third kappa shape index (κ3) is 4.12. The summed E-state index contributed by atoms with van der Waals surface area (Å²) in [7, 11) is 1.79. The Morgan fingerprint density at radius 1 is 1.13 bits per heavy atom. The molecular formula is C13H27NO. The summed E-state index contributed by atoms with van der Waals surface area (Å²) in [5.41, 5.74) is 0. The number of rotatable bonds is 6. The van der Waals surface area contributed by atoms with Crippen LogP contribution in [0.25, 0.3) is 0 Å². The highest BCUT2D eigenvalue weighted by molar-refractivity contribution is 4.78. The van der Waals surface area contributed by atoms with Crippen molar-refractivity contribution in [2.75, 3.05) is 26.8 Å². The standard InChI is InChI=1S/C13H27NO/c1-4-12-6-8-13(9-7-12)14(5-2)10-11-15-3/h12-13H,4-11H2,1-3H3. The van der Waals surface area contributed by atoms with Crippen molar-refractivity contribution in [2.24, 2.45) is 5.92 Å². The molecule has 0 radical (unpaired) electrons. The minimum atomic E-state index is 0.827. The Hall–Kier alpha value is -0.0800. The first-order valence-corrected chi connectivity index (χ1v) is 6.54. The fourth-order valence-electron chi connectivity index (χ4n) is 2.73. The van der Waals surface area contributed by atoms with Crippen molar-refractivity contribution in [1.82, 2.24) is 4.90 Å². The summed E-state index contributed by atoms with van der Waals surface area (Å²) in [4.78, 5) is 2.59. The zero-order valence-corrected chi connectivity index (χ0v) is 10.7. The zero-order chi connectivity index (χ0) is 11.1. The van der Waals surface area contributed by atoms with Gasteiger partial charge in [-0.1, -0.05) is 20.3 Å². The Bertz CT molecular complexity index is 153. The number of nitrogens with zero attached hydrogens (tertiary/aromatic N) is 1. The lowest BCUT2D eigenvalue weighted by Crippen LogP contribution is -2.39. The number of likely N-dealkylation sites (N-methyl/N-ethyl adjacent to an activating group) is 1. The third-order valence-corrected chi connectivity index (χ3v) is 3.90. The van der Waals surface area contributed by atoms with E-state index < -0.39 is 0 Å². The molecule has 0 spiro atoms. The summed E-state index contributed by atoms with van der Waals surface area (Å²) in [5, 5.41) is 0. The van der Waals surface area contributed by atoms with Crippen LogP contribution >= 0.6 is 0 Å². The highest BCUT2D eigenvalue weighted by Crippen LogP contribution is 2.29. The van der Waals surface area contributed by atoms with Crippen molar-refractivity contribution in [3.63, 3.8) is 0 Å². The molecule has 0 aromatic rings. The number of methoxy groups -OCH3 is 1. The van der Waals surface area contributed by atoms with E-state index in [2.05, 4.69) is 18.7 Å². The maximum Gasteiger partial charge on any atom is 0.0589 e. The summed E-state index contributed by atoms with van der Waals surface area (Å²) in [6.45, 7) is 7.75. The first-order chi connectivity index (χ1) is 7.31. The fourth-order valence-corrected chi connectivity index (χ4v) is 2.73. The first-order valence-electron chi connectivity index (χ1n) is 6.54. The molecule has 0 aromatic heterocycles. The van der Waals surface area contributed by atoms with Gasteiger partial charge in [0.1, 0.15) is 0 Å². The topological polar surface area (TPSA) is 12.5 Å². The summed E-state index contributed by atoms with van der Waals surface area (Å²) >= 11 is 0. The summed E-state index contributed by atoms with van der Waals surface area (Å²) in [5.74, 6) is 1.00. The molecule has 1 aliphatic carbocycles. The summed E-state index contributed by atoms with van der Waals surface area (Å²) in [6.07, 6.45) is 7.04. The molecule has 0 atom stereocenters. The lowest BCUT2D eigenvalue weighted by molar-refractivity contribution is 0.0966. The molecule has 1 aliphatic rings. The molecule has 1 rings (SSSR count). The highest BCUT2D eigenvalue weighted by atomic mass is 16.5. The van der Waals surface area contributed by atoms with Gasteiger partial charge in [-0.2, -0.15) is 0 Å². The third-order valence-electron chi connectivity index (χ3n) is 3.90. The van der Waals surface area contributed by atoms with E-state index >= 15 is 0 Å². The lowest BCUT2D eigenvalue weighted by Gasteiger charge is -2.36. The van der Waals surface area contributed by atoms with E-state index in [0.29, 0.717) is 0 Å². The normalized spacial score (nSPS) is 27.2. The maximum atomic E-state index is 5.17. The van der Waals surface area contributed by atoms with Crippen LogP contribution in [0.5, 0.6) is 0 Å². The molecular weight excluding hydrogens is 186 g/mol. The molecule has 0 heterocycles. The predicted molar refractivity (Wildman–Crippen MR) is 65.2 cm³/mol. The van der Waals surface area contributed by atoms with Gasteiger partial charge in [0.2, 0.25) is 0 Å². The van der Waals surface area contributed by atoms with Crippen LogP contribution in [0.3, 0.4) is 0 Å². The van der Waals surface area contributed by atoms with E-state index in [-0.39, 0.29) is 0 Å². The second kappa shape index (κ2) is 7.24. The average molecular weight is 213 g/mol. The Labute approximate surface area is 95.0 Å². The Kier molecular flexibility index (Phi) is 6.26. The Balaban J connectivity index is 2.29. The minimum Gasteiger partial charge on any atom is -0.383 e. The molecule has 0 amide bonds. The second-order valence-electron chi connectivity index (χ2n) is 4.70. The molecule has 0 N–H and O–H groups in total. The van der Waals surface area contributed by atoms with Gasteiger partial charge in [0.25, 0.3) is 0 Å². The van der Waals surface area contributed by atoms with E-state index in [1.807, 2.05) is 0 Å². The van der Waals surface area contributed by atoms with Crippen molar-refractivity contribution in [3.8, 4) is 0 Å². The van der Waals surface area contributed by atoms with Crippen LogP contribution in [0.15, 0.2) is 0 Å². The second-order valence-corrected chi connectivity index (χ2v) is 4.70. The fraction of sp³-hybridized carbons (Fsp3) is 1.00. The lowest BCUT2D eigenvalue weighted by atomic mass is 9.84. The van der Waals surface area contributed by atoms with Crippen LogP contribution in [-0.4, -0.2) is 37.7 Å². The van der Waals surface area contributed by atoms with Crippen molar-refractivity contribution >= 4 is 0 Å². The minimum absolute atomic E-state index is 0.827. The molecule has 0 bridgehead atoms. The molecule has 15 heavy (non-hydrogen) atoms. The molecule has 1 saturated carbocycles. The van der Waals surface area contributed by atoms with E-state index in [1.54, 1.807) is 7.11 Å². The molecule has 2 nitrogen and oxygen atoms in total.